The SMILES string of the molecule is CCC1CCN(C2CC(OC)C2)CC(C)CN1. The average molecular weight is 240 g/mol. The Bertz CT molecular complexity index is 228. The van der Waals surface area contributed by atoms with Crippen molar-refractivity contribution in [2.75, 3.05) is 26.7 Å². The summed E-state index contributed by atoms with van der Waals surface area (Å²) in [5, 5.41) is 3.69. The van der Waals surface area contributed by atoms with Gasteiger partial charge in [0.05, 0.1) is 6.10 Å². The molecule has 100 valence electrons. The van der Waals surface area contributed by atoms with E-state index in [4.69, 9.17) is 4.74 Å². The van der Waals surface area contributed by atoms with Gasteiger partial charge in [0, 0.05) is 25.7 Å². The zero-order chi connectivity index (χ0) is 12.3. The maximum absolute atomic E-state index is 5.39. The molecule has 0 aromatic carbocycles. The Balaban J connectivity index is 1.83. The van der Waals surface area contributed by atoms with Crippen molar-refractivity contribution in [3.05, 3.63) is 0 Å². The van der Waals surface area contributed by atoms with E-state index in [0.29, 0.717) is 6.10 Å². The topological polar surface area (TPSA) is 24.5 Å². The van der Waals surface area contributed by atoms with E-state index in [0.717, 1.165) is 18.0 Å². The highest BCUT2D eigenvalue weighted by Gasteiger charge is 2.34. The van der Waals surface area contributed by atoms with Gasteiger partial charge >= 0.3 is 0 Å². The van der Waals surface area contributed by atoms with Crippen LogP contribution in [-0.4, -0.2) is 49.8 Å². The summed E-state index contributed by atoms with van der Waals surface area (Å²) < 4.78 is 5.39. The van der Waals surface area contributed by atoms with E-state index in [9.17, 15) is 0 Å². The van der Waals surface area contributed by atoms with Crippen molar-refractivity contribution in [1.82, 2.24) is 10.2 Å². The minimum absolute atomic E-state index is 0.529. The lowest BCUT2D eigenvalue weighted by molar-refractivity contribution is -0.0336. The zero-order valence-corrected chi connectivity index (χ0v) is 11.6. The van der Waals surface area contributed by atoms with E-state index in [2.05, 4.69) is 24.1 Å². The van der Waals surface area contributed by atoms with Crippen LogP contribution in [0.15, 0.2) is 0 Å². The predicted molar refractivity (Wildman–Crippen MR) is 71.3 cm³/mol. The van der Waals surface area contributed by atoms with Gasteiger partial charge in [-0.2, -0.15) is 0 Å². The van der Waals surface area contributed by atoms with Crippen molar-refractivity contribution in [3.63, 3.8) is 0 Å². The number of hydrogen-bond donors (Lipinski definition) is 1. The van der Waals surface area contributed by atoms with Gasteiger partial charge in [-0.15, -0.1) is 0 Å². The van der Waals surface area contributed by atoms with E-state index in [-0.39, 0.29) is 0 Å². The Kier molecular flexibility index (Phi) is 4.83. The van der Waals surface area contributed by atoms with Crippen LogP contribution >= 0.6 is 0 Å². The van der Waals surface area contributed by atoms with Gasteiger partial charge in [0.25, 0.3) is 0 Å². The van der Waals surface area contributed by atoms with Crippen molar-refractivity contribution in [1.29, 1.82) is 0 Å². The zero-order valence-electron chi connectivity index (χ0n) is 11.6. The standard InChI is InChI=1S/C14H28N2O/c1-4-12-5-6-16(10-11(2)9-15-12)13-7-14(8-13)17-3/h11-15H,4-10H2,1-3H3. The maximum Gasteiger partial charge on any atom is 0.0601 e. The molecule has 1 saturated carbocycles. The molecule has 0 spiro atoms. The number of methoxy groups -OCH3 is 1. The molecule has 0 aromatic heterocycles. The third kappa shape index (κ3) is 3.43. The van der Waals surface area contributed by atoms with Crippen LogP contribution < -0.4 is 5.32 Å². The summed E-state index contributed by atoms with van der Waals surface area (Å²) in [4.78, 5) is 2.71. The predicted octanol–water partition coefficient (Wildman–Crippen LogP) is 1.87. The summed E-state index contributed by atoms with van der Waals surface area (Å²) in [6.07, 6.45) is 5.57. The Morgan fingerprint density at radius 2 is 2.12 bits per heavy atom. The second-order valence-corrected chi connectivity index (χ2v) is 5.89. The van der Waals surface area contributed by atoms with Gasteiger partial charge < -0.3 is 10.1 Å². The molecule has 1 N–H and O–H groups in total. The van der Waals surface area contributed by atoms with Gasteiger partial charge in [-0.3, -0.25) is 4.90 Å². The average Bonchev–Trinajstić information content (AvgIpc) is 2.24. The molecule has 0 aromatic rings. The molecule has 0 bridgehead atoms. The van der Waals surface area contributed by atoms with Crippen molar-refractivity contribution < 1.29 is 4.74 Å². The van der Waals surface area contributed by atoms with Crippen LogP contribution in [0.2, 0.25) is 0 Å². The van der Waals surface area contributed by atoms with Crippen LogP contribution in [0.4, 0.5) is 0 Å². The minimum Gasteiger partial charge on any atom is -0.381 e. The van der Waals surface area contributed by atoms with Crippen LogP contribution in [0.3, 0.4) is 0 Å². The Labute approximate surface area is 106 Å². The molecule has 2 unspecified atom stereocenters. The monoisotopic (exact) mass is 240 g/mol. The van der Waals surface area contributed by atoms with Crippen molar-refractivity contribution in [2.45, 2.75) is 57.7 Å². The summed E-state index contributed by atoms with van der Waals surface area (Å²) in [5.74, 6) is 0.769. The van der Waals surface area contributed by atoms with Gasteiger partial charge in [-0.1, -0.05) is 13.8 Å². The Hall–Kier alpha value is -0.120. The van der Waals surface area contributed by atoms with E-state index in [1.165, 1.54) is 45.3 Å². The van der Waals surface area contributed by atoms with Crippen molar-refractivity contribution >= 4 is 0 Å². The van der Waals surface area contributed by atoms with Gasteiger partial charge in [-0.05, 0) is 44.7 Å². The van der Waals surface area contributed by atoms with Crippen LogP contribution in [0.1, 0.15) is 39.5 Å². The molecule has 1 saturated heterocycles. The highest BCUT2D eigenvalue weighted by molar-refractivity contribution is 4.90. The smallest absolute Gasteiger partial charge is 0.0601 e. The first kappa shape index (κ1) is 13.3. The van der Waals surface area contributed by atoms with Crippen LogP contribution in [0, 0.1) is 5.92 Å². The molecule has 17 heavy (non-hydrogen) atoms. The molecule has 0 amide bonds. The van der Waals surface area contributed by atoms with Crippen molar-refractivity contribution in [3.8, 4) is 0 Å². The Morgan fingerprint density at radius 1 is 1.35 bits per heavy atom. The van der Waals surface area contributed by atoms with E-state index in [1.54, 1.807) is 0 Å². The van der Waals surface area contributed by atoms with Gasteiger partial charge in [0.1, 0.15) is 0 Å². The van der Waals surface area contributed by atoms with Gasteiger partial charge in [-0.25, -0.2) is 0 Å². The molecule has 2 atom stereocenters. The van der Waals surface area contributed by atoms with Crippen molar-refractivity contribution in [2.24, 2.45) is 5.92 Å². The van der Waals surface area contributed by atoms with E-state index >= 15 is 0 Å². The van der Waals surface area contributed by atoms with E-state index < -0.39 is 0 Å². The van der Waals surface area contributed by atoms with Crippen LogP contribution in [0.25, 0.3) is 0 Å². The minimum atomic E-state index is 0.529. The molecule has 1 aliphatic heterocycles. The van der Waals surface area contributed by atoms with Crippen LogP contribution in [0.5, 0.6) is 0 Å². The Morgan fingerprint density at radius 3 is 2.76 bits per heavy atom. The molecule has 1 heterocycles. The fraction of sp³-hybridized carbons (Fsp3) is 1.00. The number of rotatable bonds is 3. The molecule has 3 nitrogen and oxygen atoms in total. The summed E-state index contributed by atoms with van der Waals surface area (Å²) in [6, 6.07) is 1.51. The van der Waals surface area contributed by atoms with Gasteiger partial charge in [0.15, 0.2) is 0 Å². The molecule has 2 aliphatic rings. The second kappa shape index (κ2) is 6.17. The lowest BCUT2D eigenvalue weighted by Crippen LogP contribution is -2.52. The third-order valence-corrected chi connectivity index (χ3v) is 4.48. The lowest BCUT2D eigenvalue weighted by Gasteiger charge is -2.44. The molecule has 1 aliphatic carbocycles. The van der Waals surface area contributed by atoms with E-state index in [1.807, 2.05) is 7.11 Å². The maximum atomic E-state index is 5.39. The van der Waals surface area contributed by atoms with Crippen LogP contribution in [-0.2, 0) is 4.74 Å². The third-order valence-electron chi connectivity index (χ3n) is 4.48. The number of ether oxygens (including phenoxy) is 1. The first-order valence-electron chi connectivity index (χ1n) is 7.23. The molecular formula is C14H28N2O. The summed E-state index contributed by atoms with van der Waals surface area (Å²) in [7, 11) is 1.84. The number of nitrogens with zero attached hydrogens (tertiary/aromatic N) is 1. The largest absolute Gasteiger partial charge is 0.381 e. The summed E-state index contributed by atoms with van der Waals surface area (Å²) in [5.41, 5.74) is 0. The fourth-order valence-electron chi connectivity index (χ4n) is 3.06. The lowest BCUT2D eigenvalue weighted by atomic mass is 9.86. The number of hydrogen-bond acceptors (Lipinski definition) is 3. The molecule has 3 heteroatoms. The summed E-state index contributed by atoms with van der Waals surface area (Å²) >= 11 is 0. The highest BCUT2D eigenvalue weighted by atomic mass is 16.5. The normalized spacial score (nSPS) is 40.4. The first-order valence-corrected chi connectivity index (χ1v) is 7.23. The highest BCUT2D eigenvalue weighted by Crippen LogP contribution is 2.29. The van der Waals surface area contributed by atoms with Gasteiger partial charge in [0.2, 0.25) is 0 Å². The molecule has 2 fully saturated rings. The molecular weight excluding hydrogens is 212 g/mol. The molecule has 2 rings (SSSR count). The quantitative estimate of drug-likeness (QED) is 0.815. The fourth-order valence-corrected chi connectivity index (χ4v) is 3.06. The second-order valence-electron chi connectivity index (χ2n) is 5.89. The molecule has 0 radical (unpaired) electrons. The number of nitrogens with one attached hydrogen (secondary N) is 1. The first-order chi connectivity index (χ1) is 8.22. The summed E-state index contributed by atoms with van der Waals surface area (Å²) in [6.45, 7) is 8.35.